The molecule has 1 aromatic heterocycles. The number of hydrogen-bond acceptors (Lipinski definition) is 2. The third-order valence-corrected chi connectivity index (χ3v) is 4.45. The van der Waals surface area contributed by atoms with E-state index in [0.717, 1.165) is 9.86 Å². The van der Waals surface area contributed by atoms with Crippen molar-refractivity contribution in [3.05, 3.63) is 68.3 Å². The van der Waals surface area contributed by atoms with E-state index in [-0.39, 0.29) is 0 Å². The number of hydrogen-bond donors (Lipinski definition) is 1. The molecule has 5 heteroatoms. The van der Waals surface area contributed by atoms with E-state index in [1.807, 2.05) is 6.07 Å². The third-order valence-electron chi connectivity index (χ3n) is 3.41. The van der Waals surface area contributed by atoms with Crippen molar-refractivity contribution in [3.8, 4) is 0 Å². The van der Waals surface area contributed by atoms with Crippen molar-refractivity contribution in [2.24, 2.45) is 0 Å². The fourth-order valence-corrected chi connectivity index (χ4v) is 3.31. The zero-order chi connectivity index (χ0) is 15.2. The Kier molecular flexibility index (Phi) is 3.78. The van der Waals surface area contributed by atoms with Gasteiger partial charge < -0.3 is 9.52 Å². The highest BCUT2D eigenvalue weighted by Gasteiger charge is 2.31. The molecule has 0 aliphatic rings. The predicted octanol–water partition coefficient (Wildman–Crippen LogP) is 5.76. The van der Waals surface area contributed by atoms with Crippen LogP contribution in [0.15, 0.2) is 51.4 Å². The third kappa shape index (κ3) is 2.71. The number of halogens is 3. The van der Waals surface area contributed by atoms with Crippen molar-refractivity contribution in [2.75, 3.05) is 0 Å². The second kappa shape index (κ2) is 5.33. The van der Waals surface area contributed by atoms with Gasteiger partial charge in [0.2, 0.25) is 0 Å². The van der Waals surface area contributed by atoms with Gasteiger partial charge in [-0.1, -0.05) is 45.2 Å². The molecule has 1 unspecified atom stereocenters. The summed E-state index contributed by atoms with van der Waals surface area (Å²) < 4.78 is 6.60. The molecule has 3 aromatic rings. The lowest BCUT2D eigenvalue weighted by Gasteiger charge is -2.22. The van der Waals surface area contributed by atoms with E-state index >= 15 is 0 Å². The van der Waals surface area contributed by atoms with Crippen molar-refractivity contribution in [2.45, 2.75) is 12.5 Å². The lowest BCUT2D eigenvalue weighted by atomic mass is 9.93. The minimum absolute atomic E-state index is 0.420. The van der Waals surface area contributed by atoms with Crippen LogP contribution in [0.4, 0.5) is 0 Å². The van der Waals surface area contributed by atoms with Crippen molar-refractivity contribution >= 4 is 50.1 Å². The topological polar surface area (TPSA) is 33.4 Å². The first-order valence-corrected chi connectivity index (χ1v) is 7.80. The highest BCUT2D eigenvalue weighted by Crippen LogP contribution is 2.38. The van der Waals surface area contributed by atoms with E-state index in [1.165, 1.54) is 0 Å². The Morgan fingerprint density at radius 2 is 1.86 bits per heavy atom. The minimum Gasteiger partial charge on any atom is -0.458 e. The Morgan fingerprint density at radius 1 is 1.10 bits per heavy atom. The Balaban J connectivity index is 2.14. The molecule has 2 nitrogen and oxygen atoms in total. The van der Waals surface area contributed by atoms with Gasteiger partial charge in [-0.15, -0.1) is 0 Å². The number of furan rings is 1. The normalized spacial score (nSPS) is 14.3. The van der Waals surface area contributed by atoms with Crippen LogP contribution in [0.25, 0.3) is 11.0 Å². The molecule has 0 aliphatic carbocycles. The maximum atomic E-state index is 10.9. The highest BCUT2D eigenvalue weighted by atomic mass is 79.9. The fraction of sp³-hybridized carbons (Fsp3) is 0.125. The van der Waals surface area contributed by atoms with Crippen LogP contribution in [0.2, 0.25) is 10.0 Å². The Labute approximate surface area is 140 Å². The monoisotopic (exact) mass is 384 g/mol. The van der Waals surface area contributed by atoms with Gasteiger partial charge in [0.1, 0.15) is 16.9 Å². The number of aliphatic hydroxyl groups is 1. The molecule has 0 fully saturated rings. The zero-order valence-electron chi connectivity index (χ0n) is 11.0. The van der Waals surface area contributed by atoms with Crippen LogP contribution in [0.3, 0.4) is 0 Å². The zero-order valence-corrected chi connectivity index (χ0v) is 14.1. The van der Waals surface area contributed by atoms with Gasteiger partial charge in [-0.05, 0) is 43.3 Å². The summed E-state index contributed by atoms with van der Waals surface area (Å²) in [4.78, 5) is 0. The summed E-state index contributed by atoms with van der Waals surface area (Å²) in [5.74, 6) is 0.420. The SMILES string of the molecule is CC(O)(c1cc2cc(Cl)ccc2o1)c1ccc(Br)cc1Cl. The Hall–Kier alpha value is -1.000. The summed E-state index contributed by atoms with van der Waals surface area (Å²) in [6.07, 6.45) is 0. The van der Waals surface area contributed by atoms with Gasteiger partial charge in [0, 0.05) is 25.5 Å². The molecule has 0 saturated heterocycles. The smallest absolute Gasteiger partial charge is 0.146 e. The predicted molar refractivity (Wildman–Crippen MR) is 89.0 cm³/mol. The maximum Gasteiger partial charge on any atom is 0.146 e. The summed E-state index contributed by atoms with van der Waals surface area (Å²) in [5, 5.41) is 12.8. The van der Waals surface area contributed by atoms with E-state index < -0.39 is 5.60 Å². The van der Waals surface area contributed by atoms with E-state index in [1.54, 1.807) is 43.3 Å². The molecule has 0 spiro atoms. The molecule has 108 valence electrons. The van der Waals surface area contributed by atoms with Crippen molar-refractivity contribution in [3.63, 3.8) is 0 Å². The fourth-order valence-electron chi connectivity index (χ4n) is 2.27. The standard InChI is InChI=1S/C16H11BrCl2O2/c1-16(20,12-4-2-10(17)8-13(12)19)15-7-9-6-11(18)3-5-14(9)21-15/h2-8,20H,1H3. The quantitative estimate of drug-likeness (QED) is 0.608. The molecule has 2 aromatic carbocycles. The highest BCUT2D eigenvalue weighted by molar-refractivity contribution is 9.10. The first-order valence-electron chi connectivity index (χ1n) is 6.25. The van der Waals surface area contributed by atoms with Crippen molar-refractivity contribution in [1.82, 2.24) is 0 Å². The first kappa shape index (κ1) is 14.9. The van der Waals surface area contributed by atoms with Gasteiger partial charge in [-0.3, -0.25) is 0 Å². The number of rotatable bonds is 2. The van der Waals surface area contributed by atoms with Gasteiger partial charge in [0.15, 0.2) is 0 Å². The van der Waals surface area contributed by atoms with Crippen LogP contribution in [-0.2, 0) is 5.60 Å². The van der Waals surface area contributed by atoms with Gasteiger partial charge in [-0.2, -0.15) is 0 Å². The van der Waals surface area contributed by atoms with Crippen LogP contribution in [-0.4, -0.2) is 5.11 Å². The van der Waals surface area contributed by atoms with Crippen molar-refractivity contribution < 1.29 is 9.52 Å². The van der Waals surface area contributed by atoms with Crippen LogP contribution >= 0.6 is 39.1 Å². The molecule has 0 radical (unpaired) electrons. The molecule has 1 atom stereocenters. The molecular weight excluding hydrogens is 375 g/mol. The summed E-state index contributed by atoms with van der Waals surface area (Å²) in [6, 6.07) is 12.4. The second-order valence-electron chi connectivity index (χ2n) is 4.99. The van der Waals surface area contributed by atoms with Crippen LogP contribution in [0.5, 0.6) is 0 Å². The average molecular weight is 386 g/mol. The van der Waals surface area contributed by atoms with Gasteiger partial charge in [0.25, 0.3) is 0 Å². The van der Waals surface area contributed by atoms with Gasteiger partial charge >= 0.3 is 0 Å². The minimum atomic E-state index is -1.33. The van der Waals surface area contributed by atoms with Crippen molar-refractivity contribution in [1.29, 1.82) is 0 Å². The van der Waals surface area contributed by atoms with Gasteiger partial charge in [0.05, 0.1) is 0 Å². The van der Waals surface area contributed by atoms with E-state index in [4.69, 9.17) is 27.6 Å². The number of benzene rings is 2. The van der Waals surface area contributed by atoms with E-state index in [0.29, 0.717) is 27.0 Å². The lowest BCUT2D eigenvalue weighted by molar-refractivity contribution is 0.0787. The van der Waals surface area contributed by atoms with Crippen LogP contribution < -0.4 is 0 Å². The molecule has 0 bridgehead atoms. The summed E-state index contributed by atoms with van der Waals surface area (Å²) in [6.45, 7) is 1.65. The molecule has 1 N–H and O–H groups in total. The first-order chi connectivity index (χ1) is 9.88. The Bertz CT molecular complexity index is 824. The van der Waals surface area contributed by atoms with Crippen LogP contribution in [0, 0.1) is 0 Å². The van der Waals surface area contributed by atoms with Crippen LogP contribution in [0.1, 0.15) is 18.2 Å². The Morgan fingerprint density at radius 3 is 2.57 bits per heavy atom. The molecule has 3 rings (SSSR count). The maximum absolute atomic E-state index is 10.9. The average Bonchev–Trinajstić information content (AvgIpc) is 2.81. The second-order valence-corrected chi connectivity index (χ2v) is 6.75. The summed E-state index contributed by atoms with van der Waals surface area (Å²) in [5.41, 5.74) is -0.0797. The molecule has 1 heterocycles. The largest absolute Gasteiger partial charge is 0.458 e. The number of fused-ring (bicyclic) bond motifs is 1. The van der Waals surface area contributed by atoms with Gasteiger partial charge in [-0.25, -0.2) is 0 Å². The lowest BCUT2D eigenvalue weighted by Crippen LogP contribution is -2.22. The van der Waals surface area contributed by atoms with E-state index in [9.17, 15) is 5.11 Å². The molecular formula is C16H11BrCl2O2. The molecule has 0 aliphatic heterocycles. The molecule has 0 amide bonds. The summed E-state index contributed by atoms with van der Waals surface area (Å²) >= 11 is 15.6. The van der Waals surface area contributed by atoms with E-state index in [2.05, 4.69) is 15.9 Å². The molecule has 21 heavy (non-hydrogen) atoms. The molecule has 0 saturated carbocycles. The summed E-state index contributed by atoms with van der Waals surface area (Å²) in [7, 11) is 0.